The monoisotopic (exact) mass is 202 g/mol. The summed E-state index contributed by atoms with van der Waals surface area (Å²) in [6, 6.07) is 0. The molecule has 0 aliphatic heterocycles. The fourth-order valence-corrected chi connectivity index (χ4v) is 2.02. The average molecular weight is 202 g/mol. The van der Waals surface area contributed by atoms with Crippen molar-refractivity contribution in [1.29, 1.82) is 0 Å². The van der Waals surface area contributed by atoms with E-state index in [1.54, 1.807) is 0 Å². The fourth-order valence-electron chi connectivity index (χ4n) is 1.94. The second kappa shape index (κ2) is 5.53. The van der Waals surface area contributed by atoms with Crippen LogP contribution in [0.4, 0.5) is 0 Å². The smallest absolute Gasteiger partial charge is 0.315 e. The van der Waals surface area contributed by atoms with E-state index in [0.29, 0.717) is 0 Å². The molecule has 1 saturated carbocycles. The Morgan fingerprint density at radius 3 is 2.92 bits per heavy atom. The zero-order valence-corrected chi connectivity index (χ0v) is 9.06. The van der Waals surface area contributed by atoms with Gasteiger partial charge in [-0.15, -0.1) is 0 Å². The maximum atomic E-state index is 11.0. The van der Waals surface area contributed by atoms with Gasteiger partial charge in [0.25, 0.3) is 0 Å². The Morgan fingerprint density at radius 1 is 1.54 bits per heavy atom. The molecule has 0 bridgehead atoms. The van der Waals surface area contributed by atoms with Gasteiger partial charge < -0.3 is 4.74 Å². The zero-order chi connectivity index (χ0) is 9.68. The molecule has 0 aromatic carbocycles. The van der Waals surface area contributed by atoms with Gasteiger partial charge >= 0.3 is 5.97 Å². The normalized spacial score (nSPS) is 28.5. The minimum atomic E-state index is -0.176. The van der Waals surface area contributed by atoms with Gasteiger partial charge in [0.2, 0.25) is 0 Å². The highest BCUT2D eigenvalue weighted by atomic mass is 32.1. The molecule has 0 saturated heterocycles. The van der Waals surface area contributed by atoms with E-state index in [9.17, 15) is 4.79 Å². The summed E-state index contributed by atoms with van der Waals surface area (Å²) < 4.78 is 5.26. The second-order valence-corrected chi connectivity index (χ2v) is 4.03. The lowest BCUT2D eigenvalue weighted by atomic mass is 9.85. The van der Waals surface area contributed by atoms with Crippen molar-refractivity contribution in [3.8, 4) is 0 Å². The first-order chi connectivity index (χ1) is 6.26. The van der Waals surface area contributed by atoms with E-state index in [2.05, 4.69) is 19.6 Å². The molecule has 13 heavy (non-hydrogen) atoms. The SMILES string of the molecule is CCC1CCCC(OC(=O)CS)C1. The molecule has 1 aliphatic carbocycles. The van der Waals surface area contributed by atoms with Gasteiger partial charge in [-0.05, 0) is 25.2 Å². The fraction of sp³-hybridized carbons (Fsp3) is 0.900. The summed E-state index contributed by atoms with van der Waals surface area (Å²) in [6.07, 6.45) is 5.95. The molecule has 2 atom stereocenters. The van der Waals surface area contributed by atoms with Gasteiger partial charge in [0.1, 0.15) is 6.10 Å². The first-order valence-corrected chi connectivity index (χ1v) is 5.69. The third kappa shape index (κ3) is 3.59. The summed E-state index contributed by atoms with van der Waals surface area (Å²) in [5.41, 5.74) is 0. The highest BCUT2D eigenvalue weighted by Crippen LogP contribution is 2.28. The van der Waals surface area contributed by atoms with E-state index in [0.717, 1.165) is 18.8 Å². The first-order valence-electron chi connectivity index (χ1n) is 5.06. The molecular weight excluding hydrogens is 184 g/mol. The summed E-state index contributed by atoms with van der Waals surface area (Å²) in [6.45, 7) is 2.20. The summed E-state index contributed by atoms with van der Waals surface area (Å²) in [4.78, 5) is 11.0. The number of rotatable bonds is 3. The van der Waals surface area contributed by atoms with Crippen LogP contribution in [0.1, 0.15) is 39.0 Å². The topological polar surface area (TPSA) is 26.3 Å². The Kier molecular flexibility index (Phi) is 4.64. The maximum Gasteiger partial charge on any atom is 0.315 e. The Labute approximate surface area is 85.4 Å². The van der Waals surface area contributed by atoms with Gasteiger partial charge in [-0.25, -0.2) is 0 Å². The Morgan fingerprint density at radius 2 is 2.31 bits per heavy atom. The molecule has 2 nitrogen and oxygen atoms in total. The molecule has 0 amide bonds. The van der Waals surface area contributed by atoms with Crippen LogP contribution in [0.25, 0.3) is 0 Å². The predicted molar refractivity (Wildman–Crippen MR) is 56.0 cm³/mol. The van der Waals surface area contributed by atoms with Crippen molar-refractivity contribution in [3.05, 3.63) is 0 Å². The van der Waals surface area contributed by atoms with Crippen LogP contribution in [0.5, 0.6) is 0 Å². The molecular formula is C10H18O2S. The van der Waals surface area contributed by atoms with Gasteiger partial charge in [0.15, 0.2) is 0 Å². The van der Waals surface area contributed by atoms with Crippen LogP contribution in [-0.4, -0.2) is 17.8 Å². The van der Waals surface area contributed by atoms with Gasteiger partial charge in [-0.2, -0.15) is 12.6 Å². The summed E-state index contributed by atoms with van der Waals surface area (Å²) >= 11 is 3.89. The average Bonchev–Trinajstić information content (AvgIpc) is 2.18. The van der Waals surface area contributed by atoms with Crippen LogP contribution in [-0.2, 0) is 9.53 Å². The Balaban J connectivity index is 2.29. The van der Waals surface area contributed by atoms with Crippen molar-refractivity contribution in [1.82, 2.24) is 0 Å². The molecule has 76 valence electrons. The quantitative estimate of drug-likeness (QED) is 0.562. The molecule has 0 heterocycles. The third-order valence-corrected chi connectivity index (χ3v) is 3.00. The third-order valence-electron chi connectivity index (χ3n) is 2.74. The van der Waals surface area contributed by atoms with Crippen molar-refractivity contribution in [2.24, 2.45) is 5.92 Å². The highest BCUT2D eigenvalue weighted by Gasteiger charge is 2.23. The summed E-state index contributed by atoms with van der Waals surface area (Å²) in [7, 11) is 0. The van der Waals surface area contributed by atoms with E-state index in [4.69, 9.17) is 4.74 Å². The van der Waals surface area contributed by atoms with E-state index < -0.39 is 0 Å². The first kappa shape index (κ1) is 10.9. The standard InChI is InChI=1S/C10H18O2S/c1-2-8-4-3-5-9(6-8)12-10(11)7-13/h8-9,13H,2-7H2,1H3. The van der Waals surface area contributed by atoms with Crippen LogP contribution in [0.15, 0.2) is 0 Å². The maximum absolute atomic E-state index is 11.0. The lowest BCUT2D eigenvalue weighted by Gasteiger charge is -2.27. The predicted octanol–water partition coefficient (Wildman–Crippen LogP) is 2.43. The van der Waals surface area contributed by atoms with Crippen LogP contribution < -0.4 is 0 Å². The van der Waals surface area contributed by atoms with E-state index in [1.807, 2.05) is 0 Å². The summed E-state index contributed by atoms with van der Waals surface area (Å²) in [5.74, 6) is 0.782. The van der Waals surface area contributed by atoms with Crippen molar-refractivity contribution in [3.63, 3.8) is 0 Å². The number of ether oxygens (including phenoxy) is 1. The van der Waals surface area contributed by atoms with Gasteiger partial charge in [0, 0.05) is 0 Å². The van der Waals surface area contributed by atoms with Gasteiger partial charge in [-0.1, -0.05) is 19.8 Å². The molecule has 0 aromatic heterocycles. The Bertz CT molecular complexity index is 170. The lowest BCUT2D eigenvalue weighted by Crippen LogP contribution is -2.25. The minimum Gasteiger partial charge on any atom is -0.462 e. The molecule has 0 aromatic rings. The largest absolute Gasteiger partial charge is 0.462 e. The second-order valence-electron chi connectivity index (χ2n) is 3.71. The van der Waals surface area contributed by atoms with Crippen LogP contribution in [0.2, 0.25) is 0 Å². The molecule has 3 heteroatoms. The molecule has 0 spiro atoms. The molecule has 0 radical (unpaired) electrons. The van der Waals surface area contributed by atoms with Crippen LogP contribution >= 0.6 is 12.6 Å². The van der Waals surface area contributed by atoms with Crippen molar-refractivity contribution < 1.29 is 9.53 Å². The number of esters is 1. The molecule has 1 rings (SSSR count). The van der Waals surface area contributed by atoms with E-state index in [1.165, 1.54) is 19.3 Å². The van der Waals surface area contributed by atoms with Gasteiger partial charge in [-0.3, -0.25) is 4.79 Å². The Hall–Kier alpha value is -0.180. The number of thiol groups is 1. The number of carbonyl (C=O) groups excluding carboxylic acids is 1. The van der Waals surface area contributed by atoms with E-state index >= 15 is 0 Å². The number of hydrogen-bond acceptors (Lipinski definition) is 3. The van der Waals surface area contributed by atoms with Crippen molar-refractivity contribution >= 4 is 18.6 Å². The van der Waals surface area contributed by atoms with Gasteiger partial charge in [0.05, 0.1) is 5.75 Å². The van der Waals surface area contributed by atoms with E-state index in [-0.39, 0.29) is 17.8 Å². The number of hydrogen-bond donors (Lipinski definition) is 1. The van der Waals surface area contributed by atoms with Crippen molar-refractivity contribution in [2.75, 3.05) is 5.75 Å². The number of carbonyl (C=O) groups is 1. The lowest BCUT2D eigenvalue weighted by molar-refractivity contribution is -0.147. The molecule has 1 fully saturated rings. The summed E-state index contributed by atoms with van der Waals surface area (Å²) in [5, 5.41) is 0. The molecule has 2 unspecified atom stereocenters. The minimum absolute atomic E-state index is 0.165. The molecule has 0 N–H and O–H groups in total. The van der Waals surface area contributed by atoms with Crippen molar-refractivity contribution in [2.45, 2.75) is 45.1 Å². The molecule has 1 aliphatic rings. The van der Waals surface area contributed by atoms with Crippen LogP contribution in [0.3, 0.4) is 0 Å². The highest BCUT2D eigenvalue weighted by molar-refractivity contribution is 7.81. The van der Waals surface area contributed by atoms with Crippen LogP contribution in [0, 0.1) is 5.92 Å². The zero-order valence-electron chi connectivity index (χ0n) is 8.16.